The van der Waals surface area contributed by atoms with Crippen molar-refractivity contribution in [2.45, 2.75) is 13.8 Å². The van der Waals surface area contributed by atoms with E-state index in [2.05, 4.69) is 29.0 Å². The van der Waals surface area contributed by atoms with Crippen LogP contribution in [0.1, 0.15) is 12.6 Å². The molecule has 0 radical (unpaired) electrons. The van der Waals surface area contributed by atoms with E-state index in [0.717, 1.165) is 62.6 Å². The molecule has 2 aromatic heterocycles. The first-order valence-corrected chi connectivity index (χ1v) is 9.78. The van der Waals surface area contributed by atoms with Crippen molar-refractivity contribution in [3.05, 3.63) is 59.4 Å². The standard InChI is InChI=1S/C23H21ClN2O2/c1-14-21-18(7-8-25-14)20-10-16(24)9-19(22(20)26-21)15-3-5-17(6-4-15)28-13-23(2)11-27-12-23/h3-10,26H,11-13H2,1-2H3. The Bertz CT molecular complexity index is 1180. The molecule has 1 saturated heterocycles. The van der Waals surface area contributed by atoms with Crippen LogP contribution < -0.4 is 4.74 Å². The number of aryl methyl sites for hydroxylation is 1. The zero-order chi connectivity index (χ0) is 19.3. The Morgan fingerprint density at radius 1 is 1.11 bits per heavy atom. The van der Waals surface area contributed by atoms with Gasteiger partial charge in [-0.1, -0.05) is 30.7 Å². The molecule has 2 aromatic carbocycles. The number of aromatic nitrogens is 2. The van der Waals surface area contributed by atoms with Crippen LogP contribution in [-0.2, 0) is 4.74 Å². The van der Waals surface area contributed by atoms with Gasteiger partial charge in [0.1, 0.15) is 5.75 Å². The molecule has 28 heavy (non-hydrogen) atoms. The molecule has 0 unspecified atom stereocenters. The van der Waals surface area contributed by atoms with Crippen molar-refractivity contribution >= 4 is 33.4 Å². The summed E-state index contributed by atoms with van der Waals surface area (Å²) in [5, 5.41) is 2.97. The maximum Gasteiger partial charge on any atom is 0.119 e. The lowest BCUT2D eigenvalue weighted by molar-refractivity contribution is -0.120. The second kappa shape index (κ2) is 6.50. The molecule has 3 heterocycles. The van der Waals surface area contributed by atoms with Crippen LogP contribution in [0.2, 0.25) is 5.02 Å². The van der Waals surface area contributed by atoms with Gasteiger partial charge in [0.25, 0.3) is 0 Å². The van der Waals surface area contributed by atoms with Crippen LogP contribution >= 0.6 is 11.6 Å². The van der Waals surface area contributed by atoms with Gasteiger partial charge in [-0.2, -0.15) is 0 Å². The minimum Gasteiger partial charge on any atom is -0.493 e. The lowest BCUT2D eigenvalue weighted by Gasteiger charge is -2.37. The number of rotatable bonds is 4. The number of hydrogen-bond acceptors (Lipinski definition) is 3. The van der Waals surface area contributed by atoms with E-state index in [-0.39, 0.29) is 5.41 Å². The number of hydrogen-bond donors (Lipinski definition) is 1. The third kappa shape index (κ3) is 2.93. The molecule has 0 amide bonds. The quantitative estimate of drug-likeness (QED) is 0.480. The maximum atomic E-state index is 6.46. The predicted molar refractivity (Wildman–Crippen MR) is 113 cm³/mol. The number of nitrogens with zero attached hydrogens (tertiary/aromatic N) is 1. The van der Waals surface area contributed by atoms with Crippen LogP contribution in [0.15, 0.2) is 48.7 Å². The zero-order valence-corrected chi connectivity index (χ0v) is 16.6. The monoisotopic (exact) mass is 392 g/mol. The molecule has 1 aliphatic rings. The summed E-state index contributed by atoms with van der Waals surface area (Å²) in [4.78, 5) is 7.95. The van der Waals surface area contributed by atoms with Gasteiger partial charge in [-0.15, -0.1) is 0 Å². The molecule has 4 aromatic rings. The Kier molecular flexibility index (Phi) is 4.07. The van der Waals surface area contributed by atoms with Crippen LogP contribution in [0.3, 0.4) is 0 Å². The smallest absolute Gasteiger partial charge is 0.119 e. The summed E-state index contributed by atoms with van der Waals surface area (Å²) < 4.78 is 11.2. The first kappa shape index (κ1) is 17.5. The first-order chi connectivity index (χ1) is 13.5. The molecule has 1 N–H and O–H groups in total. The third-order valence-electron chi connectivity index (χ3n) is 5.44. The molecular weight excluding hydrogens is 372 g/mol. The van der Waals surface area contributed by atoms with Gasteiger partial charge < -0.3 is 14.5 Å². The highest BCUT2D eigenvalue weighted by Crippen LogP contribution is 2.37. The molecule has 5 heteroatoms. The van der Waals surface area contributed by atoms with Crippen LogP contribution in [0, 0.1) is 12.3 Å². The number of pyridine rings is 1. The second-order valence-electron chi connectivity index (χ2n) is 7.94. The predicted octanol–water partition coefficient (Wildman–Crippen LogP) is 5.76. The Labute approximate surface area is 168 Å². The molecular formula is C23H21ClN2O2. The molecule has 142 valence electrons. The summed E-state index contributed by atoms with van der Waals surface area (Å²) in [7, 11) is 0. The van der Waals surface area contributed by atoms with Crippen molar-refractivity contribution in [2.75, 3.05) is 19.8 Å². The molecule has 0 atom stereocenters. The highest BCUT2D eigenvalue weighted by Gasteiger charge is 2.34. The van der Waals surface area contributed by atoms with Gasteiger partial charge in [0.2, 0.25) is 0 Å². The van der Waals surface area contributed by atoms with E-state index in [0.29, 0.717) is 6.61 Å². The number of ether oxygens (including phenoxy) is 2. The van der Waals surface area contributed by atoms with E-state index in [1.807, 2.05) is 43.5 Å². The van der Waals surface area contributed by atoms with Crippen LogP contribution in [-0.4, -0.2) is 29.8 Å². The van der Waals surface area contributed by atoms with Crippen molar-refractivity contribution in [1.82, 2.24) is 9.97 Å². The molecule has 4 nitrogen and oxygen atoms in total. The molecule has 0 aliphatic carbocycles. The van der Waals surface area contributed by atoms with Crippen LogP contribution in [0.25, 0.3) is 32.9 Å². The van der Waals surface area contributed by atoms with Crippen molar-refractivity contribution < 1.29 is 9.47 Å². The molecule has 5 rings (SSSR count). The number of halogens is 1. The molecule has 1 fully saturated rings. The first-order valence-electron chi connectivity index (χ1n) is 9.40. The van der Waals surface area contributed by atoms with E-state index in [1.54, 1.807) is 0 Å². The lowest BCUT2D eigenvalue weighted by Crippen LogP contribution is -2.44. The Morgan fingerprint density at radius 3 is 2.61 bits per heavy atom. The van der Waals surface area contributed by atoms with E-state index in [9.17, 15) is 0 Å². The second-order valence-corrected chi connectivity index (χ2v) is 8.37. The van der Waals surface area contributed by atoms with Gasteiger partial charge in [-0.05, 0) is 42.8 Å². The number of benzene rings is 2. The van der Waals surface area contributed by atoms with Gasteiger partial charge in [-0.25, -0.2) is 0 Å². The fourth-order valence-corrected chi connectivity index (χ4v) is 4.00. The SMILES string of the molecule is Cc1nccc2c1[nH]c1c(-c3ccc(OCC4(C)COC4)cc3)cc(Cl)cc12. The maximum absolute atomic E-state index is 6.46. The molecule has 1 aliphatic heterocycles. The summed E-state index contributed by atoms with van der Waals surface area (Å²) in [6, 6.07) is 14.2. The van der Waals surface area contributed by atoms with E-state index >= 15 is 0 Å². The van der Waals surface area contributed by atoms with E-state index < -0.39 is 0 Å². The van der Waals surface area contributed by atoms with Crippen LogP contribution in [0.4, 0.5) is 0 Å². The van der Waals surface area contributed by atoms with Crippen molar-refractivity contribution in [3.63, 3.8) is 0 Å². The summed E-state index contributed by atoms with van der Waals surface area (Å²) in [5.41, 5.74) is 5.40. The van der Waals surface area contributed by atoms with Crippen molar-refractivity contribution in [2.24, 2.45) is 5.41 Å². The fourth-order valence-electron chi connectivity index (χ4n) is 3.78. The van der Waals surface area contributed by atoms with Gasteiger partial charge in [0, 0.05) is 33.0 Å². The Balaban J connectivity index is 1.53. The number of fused-ring (bicyclic) bond motifs is 3. The lowest BCUT2D eigenvalue weighted by atomic mass is 9.90. The van der Waals surface area contributed by atoms with Gasteiger partial charge in [0.15, 0.2) is 0 Å². The zero-order valence-electron chi connectivity index (χ0n) is 15.9. The molecule has 0 spiro atoms. The average Bonchev–Trinajstić information content (AvgIpc) is 3.05. The van der Waals surface area contributed by atoms with E-state index in [4.69, 9.17) is 21.1 Å². The Hall–Kier alpha value is -2.56. The van der Waals surface area contributed by atoms with E-state index in [1.165, 1.54) is 0 Å². The number of nitrogens with one attached hydrogen (secondary N) is 1. The Morgan fingerprint density at radius 2 is 1.89 bits per heavy atom. The minimum atomic E-state index is 0.133. The number of aromatic amines is 1. The topological polar surface area (TPSA) is 47.1 Å². The average molecular weight is 393 g/mol. The van der Waals surface area contributed by atoms with Crippen LogP contribution in [0.5, 0.6) is 5.75 Å². The largest absolute Gasteiger partial charge is 0.493 e. The highest BCUT2D eigenvalue weighted by molar-refractivity contribution is 6.32. The minimum absolute atomic E-state index is 0.133. The van der Waals surface area contributed by atoms with Gasteiger partial charge in [0.05, 0.1) is 36.5 Å². The van der Waals surface area contributed by atoms with Gasteiger partial charge >= 0.3 is 0 Å². The van der Waals surface area contributed by atoms with Gasteiger partial charge in [-0.3, -0.25) is 4.98 Å². The number of H-pyrrole nitrogens is 1. The third-order valence-corrected chi connectivity index (χ3v) is 5.66. The fraction of sp³-hybridized carbons (Fsp3) is 0.261. The summed E-state index contributed by atoms with van der Waals surface area (Å²) in [6.07, 6.45) is 1.84. The van der Waals surface area contributed by atoms with Crippen molar-refractivity contribution in [1.29, 1.82) is 0 Å². The van der Waals surface area contributed by atoms with Crippen molar-refractivity contribution in [3.8, 4) is 16.9 Å². The molecule has 0 saturated carbocycles. The summed E-state index contributed by atoms with van der Waals surface area (Å²) in [6.45, 7) is 6.39. The summed E-state index contributed by atoms with van der Waals surface area (Å²) >= 11 is 6.46. The highest BCUT2D eigenvalue weighted by atomic mass is 35.5. The normalized spacial score (nSPS) is 15.7. The molecule has 0 bridgehead atoms. The summed E-state index contributed by atoms with van der Waals surface area (Å²) in [5.74, 6) is 0.867.